The first-order chi connectivity index (χ1) is 13.9. The van der Waals surface area contributed by atoms with Gasteiger partial charge in [0.05, 0.1) is 16.3 Å². The van der Waals surface area contributed by atoms with E-state index in [1.165, 1.54) is 28.6 Å². The van der Waals surface area contributed by atoms with Crippen molar-refractivity contribution in [1.82, 2.24) is 14.1 Å². The van der Waals surface area contributed by atoms with Crippen LogP contribution >= 0.6 is 0 Å². The van der Waals surface area contributed by atoms with Crippen LogP contribution in [0, 0.1) is 6.92 Å². The van der Waals surface area contributed by atoms with E-state index < -0.39 is 10.0 Å². The number of benzene rings is 2. The molecule has 7 nitrogen and oxygen atoms in total. The van der Waals surface area contributed by atoms with Gasteiger partial charge in [0.15, 0.2) is 0 Å². The largest absolute Gasteiger partial charge is 0.306 e. The molecule has 0 aliphatic heterocycles. The number of hydrogen-bond acceptors (Lipinski definition) is 4. The van der Waals surface area contributed by atoms with E-state index in [4.69, 9.17) is 0 Å². The molecule has 1 aliphatic rings. The molecular weight excluding hydrogens is 388 g/mol. The number of carbonyl (C=O) groups is 1. The van der Waals surface area contributed by atoms with Crippen LogP contribution in [0.25, 0.3) is 5.69 Å². The molecule has 1 aromatic heterocycles. The van der Waals surface area contributed by atoms with Gasteiger partial charge in [-0.15, -0.1) is 0 Å². The Labute approximate surface area is 170 Å². The summed E-state index contributed by atoms with van der Waals surface area (Å²) in [5, 5.41) is 7.29. The minimum Gasteiger partial charge on any atom is -0.306 e. The van der Waals surface area contributed by atoms with Crippen molar-refractivity contribution < 1.29 is 13.2 Å². The number of nitrogens with zero attached hydrogens (tertiary/aromatic N) is 3. The molecule has 0 spiro atoms. The lowest BCUT2D eigenvalue weighted by Crippen LogP contribution is -2.29. The molecule has 0 unspecified atom stereocenters. The average molecular weight is 410 g/mol. The van der Waals surface area contributed by atoms with Gasteiger partial charge >= 0.3 is 0 Å². The van der Waals surface area contributed by atoms with Crippen LogP contribution in [0.1, 0.15) is 28.9 Å². The molecule has 1 amide bonds. The van der Waals surface area contributed by atoms with E-state index in [2.05, 4.69) is 10.4 Å². The van der Waals surface area contributed by atoms with Crippen molar-refractivity contribution in [3.05, 3.63) is 71.9 Å². The van der Waals surface area contributed by atoms with E-state index >= 15 is 0 Å². The van der Waals surface area contributed by atoms with Gasteiger partial charge in [0.2, 0.25) is 10.0 Å². The van der Waals surface area contributed by atoms with Gasteiger partial charge in [-0.3, -0.25) is 4.79 Å². The summed E-state index contributed by atoms with van der Waals surface area (Å²) >= 11 is 0. The number of amides is 1. The standard InChI is InChI=1S/C21H22N4O3S/c1-15-14-20(25(23-15)18-6-4-3-5-7-18)22-21(26)16-8-12-19(13-9-16)29(27,28)24(2)17-10-11-17/h3-9,12-14,17H,10-11H2,1-2H3,(H,22,26). The molecule has 0 bridgehead atoms. The zero-order valence-electron chi connectivity index (χ0n) is 16.2. The molecule has 1 heterocycles. The van der Waals surface area contributed by atoms with Crippen molar-refractivity contribution in [3.63, 3.8) is 0 Å². The summed E-state index contributed by atoms with van der Waals surface area (Å²) in [5.74, 6) is 0.213. The molecule has 0 radical (unpaired) electrons. The van der Waals surface area contributed by atoms with Crippen molar-refractivity contribution in [3.8, 4) is 5.69 Å². The van der Waals surface area contributed by atoms with E-state index in [-0.39, 0.29) is 16.8 Å². The van der Waals surface area contributed by atoms with Gasteiger partial charge in [-0.05, 0) is 56.2 Å². The second-order valence-corrected chi connectivity index (χ2v) is 9.15. The summed E-state index contributed by atoms with van der Waals surface area (Å²) in [6.45, 7) is 1.85. The summed E-state index contributed by atoms with van der Waals surface area (Å²) in [4.78, 5) is 12.9. The Kier molecular flexibility index (Phi) is 4.97. The van der Waals surface area contributed by atoms with Crippen molar-refractivity contribution >= 4 is 21.7 Å². The van der Waals surface area contributed by atoms with Gasteiger partial charge < -0.3 is 5.32 Å². The molecule has 4 rings (SSSR count). The van der Waals surface area contributed by atoms with Gasteiger partial charge in [0.1, 0.15) is 5.82 Å². The third-order valence-electron chi connectivity index (χ3n) is 4.93. The number of sulfonamides is 1. The molecule has 1 saturated carbocycles. The number of carbonyl (C=O) groups excluding carboxylic acids is 1. The van der Waals surface area contributed by atoms with Crippen LogP contribution in [0.15, 0.2) is 65.6 Å². The maximum atomic E-state index is 12.7. The Bertz CT molecular complexity index is 1130. The molecule has 150 valence electrons. The van der Waals surface area contributed by atoms with Crippen LogP contribution in [-0.2, 0) is 10.0 Å². The first-order valence-corrected chi connectivity index (χ1v) is 10.8. The molecule has 1 N–H and O–H groups in total. The Balaban J connectivity index is 1.54. The summed E-state index contributed by atoms with van der Waals surface area (Å²) in [7, 11) is -1.93. The molecular formula is C21H22N4O3S. The van der Waals surface area contributed by atoms with E-state index in [9.17, 15) is 13.2 Å². The topological polar surface area (TPSA) is 84.3 Å². The molecule has 1 fully saturated rings. The van der Waals surface area contributed by atoms with Gasteiger partial charge in [-0.1, -0.05) is 18.2 Å². The molecule has 1 aliphatic carbocycles. The highest BCUT2D eigenvalue weighted by atomic mass is 32.2. The van der Waals surface area contributed by atoms with Crippen molar-refractivity contribution in [1.29, 1.82) is 0 Å². The Morgan fingerprint density at radius 2 is 1.76 bits per heavy atom. The van der Waals surface area contributed by atoms with Gasteiger partial charge in [-0.25, -0.2) is 13.1 Å². The lowest BCUT2D eigenvalue weighted by atomic mass is 10.2. The summed E-state index contributed by atoms with van der Waals surface area (Å²) in [6, 6.07) is 17.4. The second-order valence-electron chi connectivity index (χ2n) is 7.15. The minimum atomic E-state index is -3.53. The van der Waals surface area contributed by atoms with Crippen molar-refractivity contribution in [2.24, 2.45) is 0 Å². The fourth-order valence-corrected chi connectivity index (χ4v) is 4.54. The third kappa shape index (κ3) is 3.94. The molecule has 0 atom stereocenters. The monoisotopic (exact) mass is 410 g/mol. The number of aromatic nitrogens is 2. The fraction of sp³-hybridized carbons (Fsp3) is 0.238. The van der Waals surface area contributed by atoms with Crippen LogP contribution in [0.5, 0.6) is 0 Å². The second kappa shape index (κ2) is 7.46. The smallest absolute Gasteiger partial charge is 0.256 e. The molecule has 8 heteroatoms. The average Bonchev–Trinajstić information content (AvgIpc) is 3.51. The molecule has 2 aromatic carbocycles. The predicted molar refractivity (Wildman–Crippen MR) is 111 cm³/mol. The Morgan fingerprint density at radius 3 is 2.38 bits per heavy atom. The van der Waals surface area contributed by atoms with Gasteiger partial charge in [-0.2, -0.15) is 9.40 Å². The number of aryl methyl sites for hydroxylation is 1. The first kappa shape index (κ1) is 19.4. The first-order valence-electron chi connectivity index (χ1n) is 9.38. The Hall–Kier alpha value is -2.97. The maximum Gasteiger partial charge on any atom is 0.256 e. The minimum absolute atomic E-state index is 0.0875. The van der Waals surface area contributed by atoms with Crippen molar-refractivity contribution in [2.75, 3.05) is 12.4 Å². The van der Waals surface area contributed by atoms with E-state index in [0.717, 1.165) is 24.2 Å². The van der Waals surface area contributed by atoms with E-state index in [1.54, 1.807) is 17.8 Å². The molecule has 3 aromatic rings. The predicted octanol–water partition coefficient (Wildman–Crippen LogP) is 3.22. The molecule has 0 saturated heterocycles. The van der Waals surface area contributed by atoms with Gasteiger partial charge in [0.25, 0.3) is 5.91 Å². The SMILES string of the molecule is Cc1cc(NC(=O)c2ccc(S(=O)(=O)N(C)C3CC3)cc2)n(-c2ccccc2)n1. The summed E-state index contributed by atoms with van der Waals surface area (Å²) < 4.78 is 28.3. The van der Waals surface area contributed by atoms with E-state index in [0.29, 0.717) is 11.4 Å². The zero-order valence-corrected chi connectivity index (χ0v) is 17.1. The van der Waals surface area contributed by atoms with Gasteiger partial charge in [0, 0.05) is 24.7 Å². The van der Waals surface area contributed by atoms with Crippen LogP contribution in [0.4, 0.5) is 5.82 Å². The number of anilines is 1. The normalized spacial score (nSPS) is 14.2. The molecule has 29 heavy (non-hydrogen) atoms. The third-order valence-corrected chi connectivity index (χ3v) is 6.85. The van der Waals surface area contributed by atoms with Crippen LogP contribution in [0.3, 0.4) is 0 Å². The fourth-order valence-electron chi connectivity index (χ4n) is 3.12. The highest BCUT2D eigenvalue weighted by molar-refractivity contribution is 7.89. The summed E-state index contributed by atoms with van der Waals surface area (Å²) in [5.41, 5.74) is 1.98. The van der Waals surface area contributed by atoms with E-state index in [1.807, 2.05) is 37.3 Å². The lowest BCUT2D eigenvalue weighted by molar-refractivity contribution is 0.102. The highest BCUT2D eigenvalue weighted by Crippen LogP contribution is 2.30. The van der Waals surface area contributed by atoms with Crippen LogP contribution in [-0.4, -0.2) is 41.5 Å². The Morgan fingerprint density at radius 1 is 1.10 bits per heavy atom. The van der Waals surface area contributed by atoms with Crippen LogP contribution < -0.4 is 5.32 Å². The number of rotatable bonds is 6. The van der Waals surface area contributed by atoms with Crippen molar-refractivity contribution in [2.45, 2.75) is 30.7 Å². The van der Waals surface area contributed by atoms with Crippen LogP contribution in [0.2, 0.25) is 0 Å². The number of nitrogens with one attached hydrogen (secondary N) is 1. The maximum absolute atomic E-state index is 12.7. The summed E-state index contributed by atoms with van der Waals surface area (Å²) in [6.07, 6.45) is 1.79. The number of para-hydroxylation sites is 1. The lowest BCUT2D eigenvalue weighted by Gasteiger charge is -2.16. The highest BCUT2D eigenvalue weighted by Gasteiger charge is 2.35. The quantitative estimate of drug-likeness (QED) is 0.676. The zero-order chi connectivity index (χ0) is 20.6. The number of hydrogen-bond donors (Lipinski definition) is 1.